The van der Waals surface area contributed by atoms with E-state index in [2.05, 4.69) is 20.7 Å². The van der Waals surface area contributed by atoms with Crippen molar-refractivity contribution in [3.63, 3.8) is 0 Å². The van der Waals surface area contributed by atoms with Gasteiger partial charge in [0.05, 0.1) is 5.69 Å². The van der Waals surface area contributed by atoms with E-state index in [-0.39, 0.29) is 6.01 Å². The van der Waals surface area contributed by atoms with Crippen LogP contribution in [0.15, 0.2) is 64.2 Å². The molecule has 0 aliphatic heterocycles. The molecule has 1 aromatic heterocycles. The third kappa shape index (κ3) is 3.12. The van der Waals surface area contributed by atoms with E-state index >= 15 is 0 Å². The van der Waals surface area contributed by atoms with Crippen molar-refractivity contribution in [3.05, 3.63) is 71.5 Å². The maximum absolute atomic E-state index is 5.51. The summed E-state index contributed by atoms with van der Waals surface area (Å²) in [7, 11) is 0. The Balaban J connectivity index is 1.96. The lowest BCUT2D eigenvalue weighted by molar-refractivity contribution is 0.433. The van der Waals surface area contributed by atoms with Crippen molar-refractivity contribution in [1.29, 1.82) is 0 Å². The second-order valence-electron chi connectivity index (χ2n) is 4.76. The molecule has 0 bridgehead atoms. The highest BCUT2D eigenvalue weighted by Crippen LogP contribution is 2.13. The van der Waals surface area contributed by atoms with Gasteiger partial charge in [-0.25, -0.2) is 0 Å². The van der Waals surface area contributed by atoms with E-state index in [1.165, 1.54) is 0 Å². The first-order chi connectivity index (χ1) is 10.7. The molecule has 3 N–H and O–H groups in total. The normalized spacial score (nSPS) is 11.4. The van der Waals surface area contributed by atoms with Crippen LogP contribution in [0.3, 0.4) is 0 Å². The van der Waals surface area contributed by atoms with Crippen molar-refractivity contribution in [2.45, 2.75) is 6.92 Å². The lowest BCUT2D eigenvalue weighted by Crippen LogP contribution is -2.08. The van der Waals surface area contributed by atoms with Crippen LogP contribution in [-0.4, -0.2) is 15.9 Å². The molecule has 3 aromatic rings. The number of nitrogen functional groups attached to an aromatic ring is 1. The SMILES string of the molecule is Cc1cccc(N/N=C(/c2ccccc2)c2noc(N)n2)c1. The molecule has 0 saturated carbocycles. The van der Waals surface area contributed by atoms with E-state index in [0.717, 1.165) is 16.8 Å². The first kappa shape index (κ1) is 13.8. The third-order valence-electron chi connectivity index (χ3n) is 3.02. The molecular weight excluding hydrogens is 278 g/mol. The lowest BCUT2D eigenvalue weighted by atomic mass is 10.1. The van der Waals surface area contributed by atoms with Gasteiger partial charge in [0.25, 0.3) is 0 Å². The molecule has 6 heteroatoms. The summed E-state index contributed by atoms with van der Waals surface area (Å²) in [5, 5.41) is 8.26. The zero-order valence-corrected chi connectivity index (χ0v) is 12.0. The number of anilines is 2. The molecule has 6 nitrogen and oxygen atoms in total. The van der Waals surface area contributed by atoms with Gasteiger partial charge < -0.3 is 10.3 Å². The fourth-order valence-electron chi connectivity index (χ4n) is 2.01. The predicted octanol–water partition coefficient (Wildman–Crippen LogP) is 2.82. The molecule has 0 aliphatic carbocycles. The van der Waals surface area contributed by atoms with Crippen LogP contribution in [0.4, 0.5) is 11.7 Å². The molecule has 110 valence electrons. The van der Waals surface area contributed by atoms with Gasteiger partial charge in [-0.1, -0.05) is 47.6 Å². The minimum atomic E-state index is 0.00851. The van der Waals surface area contributed by atoms with E-state index in [0.29, 0.717) is 11.5 Å². The van der Waals surface area contributed by atoms with Crippen LogP contribution in [-0.2, 0) is 0 Å². The zero-order valence-electron chi connectivity index (χ0n) is 12.0. The maximum atomic E-state index is 5.51. The number of nitrogens with zero attached hydrogens (tertiary/aromatic N) is 3. The molecule has 0 unspecified atom stereocenters. The number of benzene rings is 2. The summed E-state index contributed by atoms with van der Waals surface area (Å²) < 4.78 is 4.85. The van der Waals surface area contributed by atoms with Gasteiger partial charge in [0.1, 0.15) is 5.71 Å². The zero-order chi connectivity index (χ0) is 15.4. The average molecular weight is 293 g/mol. The molecule has 0 amide bonds. The Hall–Kier alpha value is -3.15. The highest BCUT2D eigenvalue weighted by Gasteiger charge is 2.13. The minimum Gasteiger partial charge on any atom is -0.351 e. The van der Waals surface area contributed by atoms with E-state index in [1.807, 2.05) is 61.5 Å². The Kier molecular flexibility index (Phi) is 3.82. The largest absolute Gasteiger partial charge is 0.351 e. The summed E-state index contributed by atoms with van der Waals surface area (Å²) in [5.41, 5.74) is 12.0. The first-order valence-electron chi connectivity index (χ1n) is 6.78. The topological polar surface area (TPSA) is 89.3 Å². The number of aryl methyl sites for hydroxylation is 1. The van der Waals surface area contributed by atoms with E-state index in [1.54, 1.807) is 0 Å². The van der Waals surface area contributed by atoms with Crippen LogP contribution < -0.4 is 11.2 Å². The van der Waals surface area contributed by atoms with Crippen LogP contribution in [0.2, 0.25) is 0 Å². The van der Waals surface area contributed by atoms with Crippen LogP contribution in [0.25, 0.3) is 0 Å². The number of hydrazone groups is 1. The molecule has 0 spiro atoms. The summed E-state index contributed by atoms with van der Waals surface area (Å²) in [5.74, 6) is 0.337. The van der Waals surface area contributed by atoms with Gasteiger partial charge in [0, 0.05) is 5.56 Å². The van der Waals surface area contributed by atoms with Crippen molar-refractivity contribution in [1.82, 2.24) is 10.1 Å². The standard InChI is InChI=1S/C16H15N5O/c1-11-6-5-9-13(10-11)19-20-14(12-7-3-2-4-8-12)15-18-16(17)22-21-15/h2-10,19H,1H3,(H2,17,18,21)/b20-14-. The molecule has 0 saturated heterocycles. The van der Waals surface area contributed by atoms with E-state index in [9.17, 15) is 0 Å². The quantitative estimate of drug-likeness (QED) is 0.570. The van der Waals surface area contributed by atoms with Crippen LogP contribution in [0, 0.1) is 6.92 Å². The van der Waals surface area contributed by atoms with Crippen molar-refractivity contribution in [2.75, 3.05) is 11.2 Å². The number of rotatable bonds is 4. The summed E-state index contributed by atoms with van der Waals surface area (Å²) in [6.07, 6.45) is 0. The highest BCUT2D eigenvalue weighted by atomic mass is 16.5. The fourth-order valence-corrected chi connectivity index (χ4v) is 2.01. The molecule has 0 atom stereocenters. The molecule has 2 aromatic carbocycles. The summed E-state index contributed by atoms with van der Waals surface area (Å²) in [4.78, 5) is 4.05. The Morgan fingerprint density at radius 2 is 1.95 bits per heavy atom. The summed E-state index contributed by atoms with van der Waals surface area (Å²) in [6, 6.07) is 17.5. The van der Waals surface area contributed by atoms with Crippen LogP contribution in [0.5, 0.6) is 0 Å². The molecular formula is C16H15N5O. The van der Waals surface area contributed by atoms with E-state index in [4.69, 9.17) is 10.3 Å². The minimum absolute atomic E-state index is 0.00851. The number of aromatic nitrogens is 2. The molecule has 22 heavy (non-hydrogen) atoms. The maximum Gasteiger partial charge on any atom is 0.319 e. The number of hydrogen-bond acceptors (Lipinski definition) is 6. The molecule has 0 fully saturated rings. The number of hydrogen-bond donors (Lipinski definition) is 2. The Morgan fingerprint density at radius 1 is 1.14 bits per heavy atom. The lowest BCUT2D eigenvalue weighted by Gasteiger charge is -2.05. The van der Waals surface area contributed by atoms with Crippen molar-refractivity contribution in [3.8, 4) is 0 Å². The van der Waals surface area contributed by atoms with Crippen molar-refractivity contribution < 1.29 is 4.52 Å². The van der Waals surface area contributed by atoms with E-state index < -0.39 is 0 Å². The number of nitrogens with one attached hydrogen (secondary N) is 1. The van der Waals surface area contributed by atoms with Crippen LogP contribution >= 0.6 is 0 Å². The summed E-state index contributed by atoms with van der Waals surface area (Å²) >= 11 is 0. The Bertz CT molecular complexity index is 795. The fraction of sp³-hybridized carbons (Fsp3) is 0.0625. The monoisotopic (exact) mass is 293 g/mol. The highest BCUT2D eigenvalue weighted by molar-refractivity contribution is 6.10. The third-order valence-corrected chi connectivity index (χ3v) is 3.02. The smallest absolute Gasteiger partial charge is 0.319 e. The van der Waals surface area contributed by atoms with Gasteiger partial charge in [-0.15, -0.1) is 0 Å². The second kappa shape index (κ2) is 6.09. The number of nitrogens with two attached hydrogens (primary N) is 1. The molecule has 1 heterocycles. The Labute approximate surface area is 127 Å². The molecule has 0 radical (unpaired) electrons. The van der Waals surface area contributed by atoms with Gasteiger partial charge in [0.2, 0.25) is 5.82 Å². The van der Waals surface area contributed by atoms with Gasteiger partial charge in [-0.2, -0.15) is 10.1 Å². The van der Waals surface area contributed by atoms with Gasteiger partial charge >= 0.3 is 6.01 Å². The molecule has 0 aliphatic rings. The van der Waals surface area contributed by atoms with Gasteiger partial charge in [-0.3, -0.25) is 5.43 Å². The molecule has 3 rings (SSSR count). The van der Waals surface area contributed by atoms with Crippen molar-refractivity contribution in [2.24, 2.45) is 5.10 Å². The van der Waals surface area contributed by atoms with Gasteiger partial charge in [0.15, 0.2) is 0 Å². The second-order valence-corrected chi connectivity index (χ2v) is 4.76. The first-order valence-corrected chi connectivity index (χ1v) is 6.78. The predicted molar refractivity (Wildman–Crippen MR) is 85.6 cm³/mol. The van der Waals surface area contributed by atoms with Gasteiger partial charge in [-0.05, 0) is 24.6 Å². The van der Waals surface area contributed by atoms with Crippen molar-refractivity contribution >= 4 is 17.4 Å². The average Bonchev–Trinajstić information content (AvgIpc) is 2.95. The Morgan fingerprint density at radius 3 is 2.64 bits per heavy atom. The van der Waals surface area contributed by atoms with Crippen LogP contribution in [0.1, 0.15) is 17.0 Å². The summed E-state index contributed by atoms with van der Waals surface area (Å²) in [6.45, 7) is 2.02.